The van der Waals surface area contributed by atoms with E-state index in [4.69, 9.17) is 0 Å². The van der Waals surface area contributed by atoms with Crippen LogP contribution in [0.15, 0.2) is 29.1 Å². The largest absolute Gasteiger partial charge is 0.380 e. The van der Waals surface area contributed by atoms with Gasteiger partial charge in [-0.1, -0.05) is 37.8 Å². The maximum atomic E-state index is 13.4. The predicted molar refractivity (Wildman–Crippen MR) is 128 cm³/mol. The smallest absolute Gasteiger partial charge is 0.320 e. The Morgan fingerprint density at radius 2 is 1.45 bits per heavy atom. The van der Waals surface area contributed by atoms with Gasteiger partial charge in [-0.25, -0.2) is 4.98 Å². The Morgan fingerprint density at radius 3 is 2.12 bits per heavy atom. The third-order valence-electron chi connectivity index (χ3n) is 8.95. The van der Waals surface area contributed by atoms with Gasteiger partial charge in [-0.05, 0) is 68.9 Å². The second kappa shape index (κ2) is 8.30. The zero-order valence-corrected chi connectivity index (χ0v) is 19.9. The van der Waals surface area contributed by atoms with Gasteiger partial charge in [-0.3, -0.25) is 14.3 Å². The molecule has 4 bridgehead atoms. The standard InChI is InChI=1S/C25H34N3O4P/c29-25-24(33(30,31)32)26-22-9-1-2-10-23(22)28(25)21-14-18-7-4-8-19(15-21)27(18)20-12-16-5-3-6-17(11-16)13-20/h1-2,9-10,16-21H,3-8,11-15H2,(H2,30,31,32)/t16-,17+,18-,19+,20?,21?. The van der Waals surface area contributed by atoms with Crippen molar-refractivity contribution >= 4 is 24.1 Å². The van der Waals surface area contributed by atoms with Crippen LogP contribution in [-0.2, 0) is 4.57 Å². The average Bonchev–Trinajstić information content (AvgIpc) is 2.77. The summed E-state index contributed by atoms with van der Waals surface area (Å²) in [6, 6.07) is 8.77. The van der Waals surface area contributed by atoms with Crippen LogP contribution in [0.2, 0.25) is 0 Å². The lowest BCUT2D eigenvalue weighted by Crippen LogP contribution is -2.59. The quantitative estimate of drug-likeness (QED) is 0.663. The molecule has 2 saturated heterocycles. The first kappa shape index (κ1) is 22.0. The van der Waals surface area contributed by atoms with Crippen molar-refractivity contribution in [2.45, 2.75) is 94.8 Å². The minimum Gasteiger partial charge on any atom is -0.320 e. The number of hydrogen-bond donors (Lipinski definition) is 2. The lowest BCUT2D eigenvalue weighted by atomic mass is 9.68. The van der Waals surface area contributed by atoms with Crippen LogP contribution < -0.4 is 11.0 Å². The summed E-state index contributed by atoms with van der Waals surface area (Å²) in [5.41, 5.74) is -0.0776. The molecule has 7 nitrogen and oxygen atoms in total. The summed E-state index contributed by atoms with van der Waals surface area (Å²) in [6.45, 7) is 0. The molecular formula is C25H34N3O4P. The van der Waals surface area contributed by atoms with Gasteiger partial charge < -0.3 is 14.4 Å². The van der Waals surface area contributed by atoms with Crippen LogP contribution in [-0.4, -0.2) is 42.4 Å². The van der Waals surface area contributed by atoms with Crippen LogP contribution in [0.3, 0.4) is 0 Å². The van der Waals surface area contributed by atoms with Crippen LogP contribution in [0, 0.1) is 11.8 Å². The Morgan fingerprint density at radius 1 is 0.818 bits per heavy atom. The summed E-state index contributed by atoms with van der Waals surface area (Å²) < 4.78 is 13.8. The van der Waals surface area contributed by atoms with Crippen molar-refractivity contribution in [2.75, 3.05) is 0 Å². The fourth-order valence-corrected chi connectivity index (χ4v) is 8.42. The van der Waals surface area contributed by atoms with Gasteiger partial charge in [0.05, 0.1) is 11.0 Å². The van der Waals surface area contributed by atoms with Crippen LogP contribution in [0.25, 0.3) is 11.0 Å². The molecule has 0 spiro atoms. The molecule has 178 valence electrons. The minimum absolute atomic E-state index is 0.0506. The van der Waals surface area contributed by atoms with E-state index in [9.17, 15) is 19.1 Å². The predicted octanol–water partition coefficient (Wildman–Crippen LogP) is 3.73. The van der Waals surface area contributed by atoms with Crippen molar-refractivity contribution in [1.82, 2.24) is 14.5 Å². The molecule has 2 aromatic rings. The fourth-order valence-electron chi connectivity index (χ4n) is 7.83. The van der Waals surface area contributed by atoms with E-state index in [-0.39, 0.29) is 6.04 Å². The molecule has 0 amide bonds. The SMILES string of the molecule is O=c1c(P(=O)(O)O)nc2ccccc2n1C1C[C@H]2CCC[C@@H](C1)N2C1C[C@H]2CCC[C@@H](C1)C2. The van der Waals surface area contributed by atoms with Crippen molar-refractivity contribution < 1.29 is 14.4 Å². The number of piperidine rings is 2. The Balaban J connectivity index is 1.36. The van der Waals surface area contributed by atoms with Gasteiger partial charge in [0.1, 0.15) is 0 Å². The first-order valence-corrected chi connectivity index (χ1v) is 14.3. The summed E-state index contributed by atoms with van der Waals surface area (Å²) in [5, 5.41) is 0. The molecule has 2 unspecified atom stereocenters. The molecule has 2 aliphatic heterocycles. The molecule has 0 radical (unpaired) electrons. The van der Waals surface area contributed by atoms with Crippen molar-refractivity contribution in [3.8, 4) is 0 Å². The highest BCUT2D eigenvalue weighted by Gasteiger charge is 2.45. The third kappa shape index (κ3) is 3.91. The highest BCUT2D eigenvalue weighted by molar-refractivity contribution is 7.59. The molecule has 1 aromatic heterocycles. The van der Waals surface area contributed by atoms with Gasteiger partial charge in [0.15, 0.2) is 0 Å². The van der Waals surface area contributed by atoms with Crippen molar-refractivity contribution in [2.24, 2.45) is 11.8 Å². The summed E-state index contributed by atoms with van der Waals surface area (Å²) in [4.78, 5) is 39.9. The fraction of sp³-hybridized carbons (Fsp3) is 0.680. The van der Waals surface area contributed by atoms with Crippen molar-refractivity contribution in [3.63, 3.8) is 0 Å². The molecule has 6 rings (SSSR count). The molecule has 2 saturated carbocycles. The molecule has 2 N–H and O–H groups in total. The summed E-state index contributed by atoms with van der Waals surface area (Å²) >= 11 is 0. The van der Waals surface area contributed by atoms with Gasteiger partial charge in [0, 0.05) is 24.2 Å². The van der Waals surface area contributed by atoms with E-state index < -0.39 is 18.6 Å². The molecule has 6 atom stereocenters. The van der Waals surface area contributed by atoms with Crippen LogP contribution >= 0.6 is 7.60 Å². The van der Waals surface area contributed by atoms with E-state index in [1.165, 1.54) is 44.9 Å². The normalized spacial score (nSPS) is 35.0. The molecule has 4 aliphatic rings. The summed E-state index contributed by atoms with van der Waals surface area (Å²) in [7, 11) is -4.76. The summed E-state index contributed by atoms with van der Waals surface area (Å²) in [5.74, 6) is 1.78. The van der Waals surface area contributed by atoms with Crippen molar-refractivity contribution in [1.29, 1.82) is 0 Å². The highest BCUT2D eigenvalue weighted by atomic mass is 31.2. The number of hydrogen-bond acceptors (Lipinski definition) is 4. The number of nitrogens with zero attached hydrogens (tertiary/aromatic N) is 3. The maximum absolute atomic E-state index is 13.4. The minimum atomic E-state index is -4.76. The zero-order valence-electron chi connectivity index (χ0n) is 19.1. The van der Waals surface area contributed by atoms with E-state index in [1.54, 1.807) is 16.7 Å². The lowest BCUT2D eigenvalue weighted by Gasteiger charge is -2.55. The zero-order chi connectivity index (χ0) is 22.7. The molecule has 33 heavy (non-hydrogen) atoms. The number of aromatic nitrogens is 2. The second-order valence-corrected chi connectivity index (χ2v) is 12.5. The summed E-state index contributed by atoms with van der Waals surface area (Å²) in [6.07, 6.45) is 13.5. The number of fused-ring (bicyclic) bond motifs is 5. The van der Waals surface area contributed by atoms with Gasteiger partial charge in [-0.15, -0.1) is 0 Å². The third-order valence-corrected chi connectivity index (χ3v) is 9.79. The molecule has 3 heterocycles. The molecule has 8 heteroatoms. The van der Waals surface area contributed by atoms with Gasteiger partial charge in [0.25, 0.3) is 5.56 Å². The Labute approximate surface area is 194 Å². The number of benzene rings is 1. The van der Waals surface area contributed by atoms with Gasteiger partial charge in [-0.2, -0.15) is 0 Å². The maximum Gasteiger partial charge on any atom is 0.380 e. The van der Waals surface area contributed by atoms with Crippen LogP contribution in [0.5, 0.6) is 0 Å². The highest BCUT2D eigenvalue weighted by Crippen LogP contribution is 2.47. The Kier molecular flexibility index (Phi) is 5.52. The molecule has 2 aliphatic carbocycles. The van der Waals surface area contributed by atoms with E-state index in [0.717, 1.165) is 37.5 Å². The van der Waals surface area contributed by atoms with Crippen molar-refractivity contribution in [3.05, 3.63) is 34.6 Å². The van der Waals surface area contributed by atoms with E-state index in [1.807, 2.05) is 12.1 Å². The second-order valence-electron chi connectivity index (χ2n) is 11.0. The molecule has 4 fully saturated rings. The van der Waals surface area contributed by atoms with E-state index in [0.29, 0.717) is 29.2 Å². The number of para-hydroxylation sites is 2. The molecular weight excluding hydrogens is 437 g/mol. The van der Waals surface area contributed by atoms with E-state index >= 15 is 0 Å². The van der Waals surface area contributed by atoms with Crippen LogP contribution in [0.1, 0.15) is 76.7 Å². The lowest BCUT2D eigenvalue weighted by molar-refractivity contribution is -0.0485. The van der Waals surface area contributed by atoms with E-state index in [2.05, 4.69) is 9.88 Å². The number of rotatable bonds is 3. The average molecular weight is 472 g/mol. The van der Waals surface area contributed by atoms with Gasteiger partial charge >= 0.3 is 7.60 Å². The van der Waals surface area contributed by atoms with Crippen LogP contribution in [0.4, 0.5) is 0 Å². The monoisotopic (exact) mass is 471 g/mol. The first-order valence-electron chi connectivity index (χ1n) is 12.7. The first-order chi connectivity index (χ1) is 15.9. The Bertz CT molecular complexity index is 1130. The topological polar surface area (TPSA) is 95.7 Å². The molecule has 1 aromatic carbocycles. The Hall–Kier alpha value is -1.53. The van der Waals surface area contributed by atoms with Gasteiger partial charge in [0.2, 0.25) is 5.44 Å².